The van der Waals surface area contributed by atoms with Crippen LogP contribution in [0.3, 0.4) is 0 Å². The van der Waals surface area contributed by atoms with Gasteiger partial charge in [-0.1, -0.05) is 19.0 Å². The van der Waals surface area contributed by atoms with Gasteiger partial charge in [-0.2, -0.15) is 4.98 Å². The summed E-state index contributed by atoms with van der Waals surface area (Å²) in [6.45, 7) is 4.05. The molecule has 0 fully saturated rings. The van der Waals surface area contributed by atoms with Gasteiger partial charge in [0.15, 0.2) is 5.82 Å². The topological polar surface area (TPSA) is 51.8 Å². The van der Waals surface area contributed by atoms with Crippen LogP contribution in [0, 0.1) is 0 Å². The van der Waals surface area contributed by atoms with Gasteiger partial charge in [-0.15, -0.1) is 0 Å². The van der Waals surface area contributed by atoms with Gasteiger partial charge in [0.05, 0.1) is 5.56 Å². The number of hydrogen-bond acceptors (Lipinski definition) is 4. The van der Waals surface area contributed by atoms with E-state index in [0.29, 0.717) is 5.89 Å². The molecule has 0 aromatic carbocycles. The van der Waals surface area contributed by atoms with Gasteiger partial charge in [0.25, 0.3) is 5.89 Å². The Balaban J connectivity index is 2.34. The molecular weight excluding hydrogens is 178 g/mol. The van der Waals surface area contributed by atoms with Crippen LogP contribution < -0.4 is 0 Å². The van der Waals surface area contributed by atoms with E-state index in [1.165, 1.54) is 0 Å². The Morgan fingerprint density at radius 1 is 1.36 bits per heavy atom. The average molecular weight is 189 g/mol. The van der Waals surface area contributed by atoms with E-state index >= 15 is 0 Å². The second kappa shape index (κ2) is 3.57. The number of rotatable bonds is 2. The summed E-state index contributed by atoms with van der Waals surface area (Å²) in [6, 6.07) is 3.74. The molecule has 4 nitrogen and oxygen atoms in total. The van der Waals surface area contributed by atoms with Crippen LogP contribution in [-0.4, -0.2) is 15.1 Å². The lowest BCUT2D eigenvalue weighted by molar-refractivity contribution is 0.419. The van der Waals surface area contributed by atoms with Gasteiger partial charge >= 0.3 is 0 Å². The molecule has 14 heavy (non-hydrogen) atoms. The Labute approximate surface area is 82.0 Å². The molecule has 0 unspecified atom stereocenters. The summed E-state index contributed by atoms with van der Waals surface area (Å²) in [7, 11) is 0. The lowest BCUT2D eigenvalue weighted by atomic mass is 10.2. The second-order valence-electron chi connectivity index (χ2n) is 3.35. The van der Waals surface area contributed by atoms with Crippen molar-refractivity contribution in [3.8, 4) is 11.5 Å². The highest BCUT2D eigenvalue weighted by atomic mass is 16.5. The number of aromatic nitrogens is 3. The highest BCUT2D eigenvalue weighted by Gasteiger charge is 2.10. The first-order valence-corrected chi connectivity index (χ1v) is 4.51. The predicted molar refractivity (Wildman–Crippen MR) is 51.6 cm³/mol. The molecule has 2 rings (SSSR count). The zero-order valence-corrected chi connectivity index (χ0v) is 8.14. The SMILES string of the molecule is CC(C)c1noc(-c2cccnc2)n1. The molecule has 2 aromatic heterocycles. The van der Waals surface area contributed by atoms with Gasteiger partial charge in [0, 0.05) is 18.3 Å². The van der Waals surface area contributed by atoms with Crippen molar-refractivity contribution in [1.29, 1.82) is 0 Å². The van der Waals surface area contributed by atoms with E-state index in [1.54, 1.807) is 12.4 Å². The van der Waals surface area contributed by atoms with Crippen LogP contribution in [-0.2, 0) is 0 Å². The first kappa shape index (κ1) is 8.87. The van der Waals surface area contributed by atoms with Crippen LogP contribution in [0.5, 0.6) is 0 Å². The molecule has 0 atom stereocenters. The van der Waals surface area contributed by atoms with Gasteiger partial charge in [0.2, 0.25) is 0 Å². The summed E-state index contributed by atoms with van der Waals surface area (Å²) in [5, 5.41) is 3.88. The van der Waals surface area contributed by atoms with Crippen LogP contribution in [0.25, 0.3) is 11.5 Å². The quantitative estimate of drug-likeness (QED) is 0.727. The third kappa shape index (κ3) is 1.64. The monoisotopic (exact) mass is 189 g/mol. The van der Waals surface area contributed by atoms with Gasteiger partial charge in [-0.3, -0.25) is 4.98 Å². The maximum absolute atomic E-state index is 5.11. The summed E-state index contributed by atoms with van der Waals surface area (Å²) < 4.78 is 5.11. The maximum atomic E-state index is 5.11. The second-order valence-corrected chi connectivity index (χ2v) is 3.35. The molecule has 0 aliphatic rings. The Morgan fingerprint density at radius 2 is 2.21 bits per heavy atom. The summed E-state index contributed by atoms with van der Waals surface area (Å²) in [5.74, 6) is 1.54. The first-order valence-electron chi connectivity index (χ1n) is 4.51. The van der Waals surface area contributed by atoms with E-state index < -0.39 is 0 Å². The molecule has 0 N–H and O–H groups in total. The summed E-state index contributed by atoms with van der Waals surface area (Å²) >= 11 is 0. The largest absolute Gasteiger partial charge is 0.334 e. The van der Waals surface area contributed by atoms with E-state index in [-0.39, 0.29) is 5.92 Å². The molecular formula is C10H11N3O. The molecule has 72 valence electrons. The van der Waals surface area contributed by atoms with E-state index in [9.17, 15) is 0 Å². The standard InChI is InChI=1S/C10H11N3O/c1-7(2)9-12-10(14-13-9)8-4-3-5-11-6-8/h3-7H,1-2H3. The van der Waals surface area contributed by atoms with Gasteiger partial charge in [-0.25, -0.2) is 0 Å². The van der Waals surface area contributed by atoms with Crippen molar-refractivity contribution in [2.24, 2.45) is 0 Å². The van der Waals surface area contributed by atoms with Gasteiger partial charge in [0.1, 0.15) is 0 Å². The summed E-state index contributed by atoms with van der Waals surface area (Å²) in [4.78, 5) is 8.25. The Hall–Kier alpha value is -1.71. The van der Waals surface area contributed by atoms with Crippen molar-refractivity contribution in [2.75, 3.05) is 0 Å². The smallest absolute Gasteiger partial charge is 0.259 e. The highest BCUT2D eigenvalue weighted by molar-refractivity contribution is 5.50. The third-order valence-corrected chi connectivity index (χ3v) is 1.87. The zero-order valence-electron chi connectivity index (χ0n) is 8.14. The summed E-state index contributed by atoms with van der Waals surface area (Å²) in [6.07, 6.45) is 3.42. The minimum Gasteiger partial charge on any atom is -0.334 e. The molecule has 2 heterocycles. The average Bonchev–Trinajstić information content (AvgIpc) is 2.68. The predicted octanol–water partition coefficient (Wildman–Crippen LogP) is 2.25. The molecule has 0 amide bonds. The van der Waals surface area contributed by atoms with Crippen molar-refractivity contribution < 1.29 is 4.52 Å². The van der Waals surface area contributed by atoms with Crippen molar-refractivity contribution in [1.82, 2.24) is 15.1 Å². The Kier molecular flexibility index (Phi) is 2.26. The first-order chi connectivity index (χ1) is 6.77. The van der Waals surface area contributed by atoms with Crippen LogP contribution in [0.4, 0.5) is 0 Å². The van der Waals surface area contributed by atoms with Crippen molar-refractivity contribution >= 4 is 0 Å². The molecule has 2 aromatic rings. The van der Waals surface area contributed by atoms with E-state index in [0.717, 1.165) is 11.4 Å². The normalized spacial score (nSPS) is 10.8. The molecule has 4 heteroatoms. The molecule has 0 bridgehead atoms. The number of pyridine rings is 1. The lowest BCUT2D eigenvalue weighted by Gasteiger charge is -1.92. The van der Waals surface area contributed by atoms with Crippen molar-refractivity contribution in [3.63, 3.8) is 0 Å². The molecule has 0 saturated carbocycles. The Bertz CT molecular complexity index is 408. The van der Waals surface area contributed by atoms with E-state index in [1.807, 2.05) is 26.0 Å². The molecule has 0 saturated heterocycles. The van der Waals surface area contributed by atoms with E-state index in [2.05, 4.69) is 15.1 Å². The zero-order chi connectivity index (χ0) is 9.97. The van der Waals surface area contributed by atoms with Gasteiger partial charge in [-0.05, 0) is 12.1 Å². The number of hydrogen-bond donors (Lipinski definition) is 0. The molecule has 0 radical (unpaired) electrons. The fourth-order valence-corrected chi connectivity index (χ4v) is 1.08. The van der Waals surface area contributed by atoms with E-state index in [4.69, 9.17) is 4.52 Å². The third-order valence-electron chi connectivity index (χ3n) is 1.87. The van der Waals surface area contributed by atoms with Crippen molar-refractivity contribution in [2.45, 2.75) is 19.8 Å². The number of nitrogens with zero attached hydrogens (tertiary/aromatic N) is 3. The molecule has 0 aliphatic carbocycles. The van der Waals surface area contributed by atoms with Crippen LogP contribution >= 0.6 is 0 Å². The van der Waals surface area contributed by atoms with Crippen molar-refractivity contribution in [3.05, 3.63) is 30.4 Å². The fourth-order valence-electron chi connectivity index (χ4n) is 1.08. The van der Waals surface area contributed by atoms with Crippen LogP contribution in [0.1, 0.15) is 25.6 Å². The lowest BCUT2D eigenvalue weighted by Crippen LogP contribution is -1.89. The Morgan fingerprint density at radius 3 is 2.79 bits per heavy atom. The summed E-state index contributed by atoms with van der Waals surface area (Å²) in [5.41, 5.74) is 0.854. The van der Waals surface area contributed by atoms with Crippen LogP contribution in [0.2, 0.25) is 0 Å². The highest BCUT2D eigenvalue weighted by Crippen LogP contribution is 2.18. The van der Waals surface area contributed by atoms with Gasteiger partial charge < -0.3 is 4.52 Å². The minimum atomic E-state index is 0.282. The maximum Gasteiger partial charge on any atom is 0.259 e. The molecule has 0 aliphatic heterocycles. The molecule has 0 spiro atoms. The van der Waals surface area contributed by atoms with Crippen LogP contribution in [0.15, 0.2) is 29.0 Å². The fraction of sp³-hybridized carbons (Fsp3) is 0.300. The minimum absolute atomic E-state index is 0.282.